The van der Waals surface area contributed by atoms with Gasteiger partial charge in [0, 0.05) is 23.6 Å². The summed E-state index contributed by atoms with van der Waals surface area (Å²) in [4.78, 5) is 25.9. The Morgan fingerprint density at radius 1 is 1.42 bits per heavy atom. The minimum atomic E-state index is -0.332. The van der Waals surface area contributed by atoms with Crippen LogP contribution < -0.4 is 5.32 Å². The zero-order valence-electron chi connectivity index (χ0n) is 11.1. The summed E-state index contributed by atoms with van der Waals surface area (Å²) in [6.45, 7) is 2.59. The molecule has 0 spiro atoms. The summed E-state index contributed by atoms with van der Waals surface area (Å²) >= 11 is 3.42. The van der Waals surface area contributed by atoms with Gasteiger partial charge in [0.05, 0.1) is 0 Å². The molecule has 2 amide bonds. The van der Waals surface area contributed by atoms with Crippen LogP contribution in [-0.4, -0.2) is 36.3 Å². The topological polar surface area (TPSA) is 49.4 Å². The fraction of sp³-hybridized carbons (Fsp3) is 0.429. The number of hydrogen-bond acceptors (Lipinski definition) is 2. The highest BCUT2D eigenvalue weighted by Gasteiger charge is 2.33. The SMILES string of the molecule is CNC(=O)[C@@H]1CCCN1C(=O)c1ccc(Br)c(C)c1. The van der Waals surface area contributed by atoms with E-state index < -0.39 is 0 Å². The highest BCUT2D eigenvalue weighted by molar-refractivity contribution is 9.10. The van der Waals surface area contributed by atoms with Crippen molar-refractivity contribution in [2.75, 3.05) is 13.6 Å². The van der Waals surface area contributed by atoms with Crippen LogP contribution in [0.3, 0.4) is 0 Å². The number of rotatable bonds is 2. The van der Waals surface area contributed by atoms with Gasteiger partial charge in [0.25, 0.3) is 5.91 Å². The highest BCUT2D eigenvalue weighted by Crippen LogP contribution is 2.23. The van der Waals surface area contributed by atoms with Gasteiger partial charge in [0.1, 0.15) is 6.04 Å². The van der Waals surface area contributed by atoms with Crippen molar-refractivity contribution < 1.29 is 9.59 Å². The number of benzene rings is 1. The minimum absolute atomic E-state index is 0.0679. The van der Waals surface area contributed by atoms with Crippen LogP contribution in [0.2, 0.25) is 0 Å². The van der Waals surface area contributed by atoms with Gasteiger partial charge >= 0.3 is 0 Å². The maximum atomic E-state index is 12.5. The number of hydrogen-bond donors (Lipinski definition) is 1. The first kappa shape index (κ1) is 14.1. The molecule has 1 aromatic rings. The van der Waals surface area contributed by atoms with Gasteiger partial charge in [-0.2, -0.15) is 0 Å². The molecule has 0 radical (unpaired) electrons. The van der Waals surface area contributed by atoms with Crippen LogP contribution in [0.5, 0.6) is 0 Å². The van der Waals surface area contributed by atoms with Gasteiger partial charge in [0.2, 0.25) is 5.91 Å². The molecule has 0 saturated carbocycles. The molecule has 5 heteroatoms. The second-order valence-electron chi connectivity index (χ2n) is 4.73. The van der Waals surface area contributed by atoms with E-state index in [0.29, 0.717) is 12.1 Å². The third-order valence-electron chi connectivity index (χ3n) is 3.47. The third kappa shape index (κ3) is 2.81. The van der Waals surface area contributed by atoms with Gasteiger partial charge in [0.15, 0.2) is 0 Å². The fourth-order valence-corrected chi connectivity index (χ4v) is 2.64. The standard InChI is InChI=1S/C14H17BrN2O2/c1-9-8-10(5-6-11(9)15)14(19)17-7-3-4-12(17)13(18)16-2/h5-6,8,12H,3-4,7H2,1-2H3,(H,16,18)/t12-/m0/s1. The Morgan fingerprint density at radius 3 is 2.79 bits per heavy atom. The molecule has 1 aliphatic heterocycles. The molecule has 1 fully saturated rings. The number of amides is 2. The lowest BCUT2D eigenvalue weighted by molar-refractivity contribution is -0.124. The maximum absolute atomic E-state index is 12.5. The molecule has 1 aliphatic rings. The molecular formula is C14H17BrN2O2. The van der Waals surface area contributed by atoms with E-state index in [4.69, 9.17) is 0 Å². The number of carbonyl (C=O) groups excluding carboxylic acids is 2. The second kappa shape index (κ2) is 5.74. The molecule has 1 aromatic carbocycles. The van der Waals surface area contributed by atoms with Gasteiger partial charge in [-0.1, -0.05) is 15.9 Å². The number of aryl methyl sites for hydroxylation is 1. The van der Waals surface area contributed by atoms with E-state index in [0.717, 1.165) is 22.9 Å². The van der Waals surface area contributed by atoms with Crippen LogP contribution in [0.25, 0.3) is 0 Å². The van der Waals surface area contributed by atoms with Gasteiger partial charge in [-0.3, -0.25) is 9.59 Å². The molecule has 0 bridgehead atoms. The van der Waals surface area contributed by atoms with Gasteiger partial charge < -0.3 is 10.2 Å². The Morgan fingerprint density at radius 2 is 2.16 bits per heavy atom. The number of carbonyl (C=O) groups is 2. The van der Waals surface area contributed by atoms with E-state index in [-0.39, 0.29) is 17.9 Å². The van der Waals surface area contributed by atoms with E-state index in [9.17, 15) is 9.59 Å². The largest absolute Gasteiger partial charge is 0.357 e. The molecule has 1 heterocycles. The highest BCUT2D eigenvalue weighted by atomic mass is 79.9. The Balaban J connectivity index is 2.23. The van der Waals surface area contributed by atoms with Gasteiger partial charge in [-0.05, 0) is 43.5 Å². The molecule has 0 aliphatic carbocycles. The summed E-state index contributed by atoms with van der Waals surface area (Å²) < 4.78 is 0.980. The molecule has 1 N–H and O–H groups in total. The molecule has 0 unspecified atom stereocenters. The number of likely N-dealkylation sites (N-methyl/N-ethyl adjacent to an activating group) is 1. The molecule has 19 heavy (non-hydrogen) atoms. The lowest BCUT2D eigenvalue weighted by atomic mass is 10.1. The van der Waals surface area contributed by atoms with Crippen molar-refractivity contribution in [1.82, 2.24) is 10.2 Å². The van der Waals surface area contributed by atoms with Crippen LogP contribution in [-0.2, 0) is 4.79 Å². The summed E-state index contributed by atoms with van der Waals surface area (Å²) in [6.07, 6.45) is 1.61. The summed E-state index contributed by atoms with van der Waals surface area (Å²) in [5.74, 6) is -0.151. The van der Waals surface area contributed by atoms with Crippen molar-refractivity contribution >= 4 is 27.7 Å². The Labute approximate surface area is 121 Å². The van der Waals surface area contributed by atoms with E-state index in [2.05, 4.69) is 21.2 Å². The van der Waals surface area contributed by atoms with Crippen LogP contribution in [0.4, 0.5) is 0 Å². The zero-order valence-corrected chi connectivity index (χ0v) is 12.7. The summed E-state index contributed by atoms with van der Waals surface area (Å²) in [5.41, 5.74) is 1.65. The third-order valence-corrected chi connectivity index (χ3v) is 4.36. The van der Waals surface area contributed by atoms with Crippen LogP contribution in [0.1, 0.15) is 28.8 Å². The minimum Gasteiger partial charge on any atom is -0.357 e. The second-order valence-corrected chi connectivity index (χ2v) is 5.59. The molecule has 1 atom stereocenters. The van der Waals surface area contributed by atoms with E-state index >= 15 is 0 Å². The van der Waals surface area contributed by atoms with Crippen molar-refractivity contribution in [1.29, 1.82) is 0 Å². The molecule has 102 valence electrons. The average Bonchev–Trinajstić information content (AvgIpc) is 2.89. The van der Waals surface area contributed by atoms with Crippen LogP contribution in [0.15, 0.2) is 22.7 Å². The average molecular weight is 325 g/mol. The fourth-order valence-electron chi connectivity index (χ4n) is 2.39. The van der Waals surface area contributed by atoms with E-state index in [1.165, 1.54) is 0 Å². The number of nitrogens with zero attached hydrogens (tertiary/aromatic N) is 1. The van der Waals surface area contributed by atoms with Crippen LogP contribution >= 0.6 is 15.9 Å². The molecule has 1 saturated heterocycles. The van der Waals surface area contributed by atoms with Crippen LogP contribution in [0, 0.1) is 6.92 Å². The first-order chi connectivity index (χ1) is 9.04. The summed E-state index contributed by atoms with van der Waals surface area (Å²) in [6, 6.07) is 5.18. The maximum Gasteiger partial charge on any atom is 0.254 e. The monoisotopic (exact) mass is 324 g/mol. The number of nitrogens with one attached hydrogen (secondary N) is 1. The quantitative estimate of drug-likeness (QED) is 0.905. The normalized spacial score (nSPS) is 18.5. The van der Waals surface area contributed by atoms with Gasteiger partial charge in [-0.15, -0.1) is 0 Å². The van der Waals surface area contributed by atoms with E-state index in [1.54, 1.807) is 18.0 Å². The predicted molar refractivity (Wildman–Crippen MR) is 77.0 cm³/mol. The lowest BCUT2D eigenvalue weighted by Gasteiger charge is -2.23. The molecule has 4 nitrogen and oxygen atoms in total. The Hall–Kier alpha value is -1.36. The number of likely N-dealkylation sites (tertiary alicyclic amines) is 1. The Bertz CT molecular complexity index is 516. The van der Waals surface area contributed by atoms with Crippen molar-refractivity contribution in [2.45, 2.75) is 25.8 Å². The van der Waals surface area contributed by atoms with E-state index in [1.807, 2.05) is 19.1 Å². The first-order valence-corrected chi connectivity index (χ1v) is 7.12. The molecular weight excluding hydrogens is 308 g/mol. The molecule has 2 rings (SSSR count). The smallest absolute Gasteiger partial charge is 0.254 e. The predicted octanol–water partition coefficient (Wildman–Crippen LogP) is 2.11. The van der Waals surface area contributed by atoms with Crippen molar-refractivity contribution in [3.63, 3.8) is 0 Å². The zero-order chi connectivity index (χ0) is 14.0. The summed E-state index contributed by atoms with van der Waals surface area (Å²) in [5, 5.41) is 2.62. The first-order valence-electron chi connectivity index (χ1n) is 6.33. The van der Waals surface area contributed by atoms with Crippen molar-refractivity contribution in [3.05, 3.63) is 33.8 Å². The molecule has 0 aromatic heterocycles. The lowest BCUT2D eigenvalue weighted by Crippen LogP contribution is -2.44. The number of halogens is 1. The van der Waals surface area contributed by atoms with Gasteiger partial charge in [-0.25, -0.2) is 0 Å². The van der Waals surface area contributed by atoms with Crippen molar-refractivity contribution in [2.24, 2.45) is 0 Å². The summed E-state index contributed by atoms with van der Waals surface area (Å²) in [7, 11) is 1.60. The van der Waals surface area contributed by atoms with Crippen molar-refractivity contribution in [3.8, 4) is 0 Å². The Kier molecular flexibility index (Phi) is 4.24.